The van der Waals surface area contributed by atoms with E-state index in [0.717, 1.165) is 24.7 Å². The average Bonchev–Trinajstić information content (AvgIpc) is 2.69. The van der Waals surface area contributed by atoms with E-state index < -0.39 is 4.92 Å². The SMILES string of the molecule is Cc1cc([N+](=O)[O-])cc(C)c1OCC(=O)N1CCN(Cc2ccc(Cl)cc2)CC1. The van der Waals surface area contributed by atoms with Crippen molar-refractivity contribution in [1.29, 1.82) is 0 Å². The van der Waals surface area contributed by atoms with Crippen LogP contribution in [0.3, 0.4) is 0 Å². The van der Waals surface area contributed by atoms with Crippen LogP contribution in [0.4, 0.5) is 5.69 Å². The van der Waals surface area contributed by atoms with Crippen LogP contribution in [-0.4, -0.2) is 53.4 Å². The molecule has 2 aromatic rings. The maximum absolute atomic E-state index is 12.5. The van der Waals surface area contributed by atoms with Crippen LogP contribution in [0, 0.1) is 24.0 Å². The van der Waals surface area contributed by atoms with Gasteiger partial charge in [0, 0.05) is 49.9 Å². The Kier molecular flexibility index (Phi) is 6.71. The third-order valence-electron chi connectivity index (χ3n) is 5.04. The number of piperazine rings is 1. The van der Waals surface area contributed by atoms with Gasteiger partial charge < -0.3 is 9.64 Å². The molecule has 1 aliphatic heterocycles. The van der Waals surface area contributed by atoms with E-state index in [2.05, 4.69) is 4.90 Å². The Morgan fingerprint density at radius 2 is 1.69 bits per heavy atom. The fourth-order valence-corrected chi connectivity index (χ4v) is 3.62. The number of nitrogens with zero attached hydrogens (tertiary/aromatic N) is 3. The number of carbonyl (C=O) groups excluding carboxylic acids is 1. The molecule has 29 heavy (non-hydrogen) atoms. The van der Waals surface area contributed by atoms with Gasteiger partial charge >= 0.3 is 0 Å². The summed E-state index contributed by atoms with van der Waals surface area (Å²) in [6, 6.07) is 10.7. The van der Waals surface area contributed by atoms with Crippen molar-refractivity contribution >= 4 is 23.2 Å². The monoisotopic (exact) mass is 417 g/mol. The second-order valence-corrected chi connectivity index (χ2v) is 7.67. The third-order valence-corrected chi connectivity index (χ3v) is 5.29. The highest BCUT2D eigenvalue weighted by Gasteiger charge is 2.22. The topological polar surface area (TPSA) is 75.9 Å². The zero-order chi connectivity index (χ0) is 21.0. The van der Waals surface area contributed by atoms with E-state index in [0.29, 0.717) is 30.0 Å². The van der Waals surface area contributed by atoms with Crippen molar-refractivity contribution in [2.24, 2.45) is 0 Å². The van der Waals surface area contributed by atoms with Crippen molar-refractivity contribution < 1.29 is 14.5 Å². The first-order chi connectivity index (χ1) is 13.8. The van der Waals surface area contributed by atoms with Gasteiger partial charge in [-0.3, -0.25) is 19.8 Å². The van der Waals surface area contributed by atoms with Crippen LogP contribution in [-0.2, 0) is 11.3 Å². The zero-order valence-electron chi connectivity index (χ0n) is 16.6. The minimum Gasteiger partial charge on any atom is -0.483 e. The number of non-ortho nitro benzene ring substituents is 1. The molecule has 0 unspecified atom stereocenters. The molecule has 1 amide bonds. The van der Waals surface area contributed by atoms with Crippen molar-refractivity contribution in [1.82, 2.24) is 9.80 Å². The van der Waals surface area contributed by atoms with Gasteiger partial charge in [-0.15, -0.1) is 0 Å². The molecule has 0 aromatic heterocycles. The highest BCUT2D eigenvalue weighted by Crippen LogP contribution is 2.28. The minimum absolute atomic E-state index is 0.0236. The number of ether oxygens (including phenoxy) is 1. The van der Waals surface area contributed by atoms with Crippen molar-refractivity contribution in [2.75, 3.05) is 32.8 Å². The van der Waals surface area contributed by atoms with Crippen LogP contribution in [0.2, 0.25) is 5.02 Å². The van der Waals surface area contributed by atoms with Crippen molar-refractivity contribution in [3.05, 3.63) is 68.2 Å². The molecule has 1 fully saturated rings. The number of rotatable bonds is 6. The summed E-state index contributed by atoms with van der Waals surface area (Å²) in [4.78, 5) is 27.1. The number of amides is 1. The molecule has 0 bridgehead atoms. The number of carbonyl (C=O) groups is 1. The van der Waals surface area contributed by atoms with E-state index in [1.54, 1.807) is 18.7 Å². The summed E-state index contributed by atoms with van der Waals surface area (Å²) in [5.41, 5.74) is 2.52. The summed E-state index contributed by atoms with van der Waals surface area (Å²) in [5.74, 6) is 0.457. The summed E-state index contributed by atoms with van der Waals surface area (Å²) in [5, 5.41) is 11.7. The summed E-state index contributed by atoms with van der Waals surface area (Å²) in [7, 11) is 0. The first-order valence-electron chi connectivity index (χ1n) is 9.46. The Morgan fingerprint density at radius 3 is 2.24 bits per heavy atom. The first kappa shape index (κ1) is 21.1. The number of benzene rings is 2. The van der Waals surface area contributed by atoms with Crippen LogP contribution < -0.4 is 4.74 Å². The van der Waals surface area contributed by atoms with Crippen LogP contribution in [0.25, 0.3) is 0 Å². The van der Waals surface area contributed by atoms with Gasteiger partial charge in [-0.25, -0.2) is 0 Å². The second kappa shape index (κ2) is 9.24. The predicted molar refractivity (Wildman–Crippen MR) is 111 cm³/mol. The Hall–Kier alpha value is -2.64. The lowest BCUT2D eigenvalue weighted by molar-refractivity contribution is -0.385. The van der Waals surface area contributed by atoms with E-state index in [1.807, 2.05) is 24.3 Å². The van der Waals surface area contributed by atoms with Gasteiger partial charge in [0.15, 0.2) is 6.61 Å². The van der Waals surface area contributed by atoms with Crippen LogP contribution in [0.1, 0.15) is 16.7 Å². The highest BCUT2D eigenvalue weighted by atomic mass is 35.5. The van der Waals surface area contributed by atoms with E-state index >= 15 is 0 Å². The summed E-state index contributed by atoms with van der Waals surface area (Å²) in [6.45, 7) is 7.13. The molecule has 0 radical (unpaired) electrons. The van der Waals surface area contributed by atoms with Gasteiger partial charge in [0.05, 0.1) is 4.92 Å². The van der Waals surface area contributed by atoms with Gasteiger partial charge in [-0.2, -0.15) is 0 Å². The fourth-order valence-electron chi connectivity index (χ4n) is 3.49. The smallest absolute Gasteiger partial charge is 0.270 e. The van der Waals surface area contributed by atoms with Gasteiger partial charge in [-0.1, -0.05) is 23.7 Å². The van der Waals surface area contributed by atoms with Crippen molar-refractivity contribution in [2.45, 2.75) is 20.4 Å². The maximum atomic E-state index is 12.5. The molecule has 2 aromatic carbocycles. The fraction of sp³-hybridized carbons (Fsp3) is 0.381. The number of aryl methyl sites for hydroxylation is 2. The van der Waals surface area contributed by atoms with Gasteiger partial charge in [0.1, 0.15) is 5.75 Å². The quantitative estimate of drug-likeness (QED) is 0.530. The van der Waals surface area contributed by atoms with Crippen LogP contribution in [0.5, 0.6) is 5.75 Å². The van der Waals surface area contributed by atoms with Gasteiger partial charge in [-0.05, 0) is 42.7 Å². The molecule has 0 atom stereocenters. The van der Waals surface area contributed by atoms with Crippen molar-refractivity contribution in [3.8, 4) is 5.75 Å². The van der Waals surface area contributed by atoms with Crippen molar-refractivity contribution in [3.63, 3.8) is 0 Å². The molecule has 1 aliphatic rings. The van der Waals surface area contributed by atoms with Crippen LogP contribution in [0.15, 0.2) is 36.4 Å². The Morgan fingerprint density at radius 1 is 1.10 bits per heavy atom. The Balaban J connectivity index is 1.50. The zero-order valence-corrected chi connectivity index (χ0v) is 17.3. The van der Waals surface area contributed by atoms with Gasteiger partial charge in [0.2, 0.25) is 0 Å². The summed E-state index contributed by atoms with van der Waals surface area (Å²) < 4.78 is 5.71. The molecule has 0 aliphatic carbocycles. The molecule has 0 spiro atoms. The average molecular weight is 418 g/mol. The number of hydrogen-bond acceptors (Lipinski definition) is 5. The molecule has 154 valence electrons. The molecular weight excluding hydrogens is 394 g/mol. The molecule has 1 heterocycles. The number of hydrogen-bond donors (Lipinski definition) is 0. The molecule has 3 rings (SSSR count). The van der Waals surface area contributed by atoms with E-state index in [1.165, 1.54) is 17.7 Å². The second-order valence-electron chi connectivity index (χ2n) is 7.24. The molecule has 0 saturated carbocycles. The lowest BCUT2D eigenvalue weighted by atomic mass is 10.1. The minimum atomic E-state index is -0.432. The first-order valence-corrected chi connectivity index (χ1v) is 9.84. The number of nitro benzene ring substituents is 1. The normalized spacial score (nSPS) is 14.7. The largest absolute Gasteiger partial charge is 0.483 e. The van der Waals surface area contributed by atoms with E-state index in [4.69, 9.17) is 16.3 Å². The molecule has 8 heteroatoms. The highest BCUT2D eigenvalue weighted by molar-refractivity contribution is 6.30. The van der Waals surface area contributed by atoms with Crippen LogP contribution >= 0.6 is 11.6 Å². The van der Waals surface area contributed by atoms with Gasteiger partial charge in [0.25, 0.3) is 11.6 Å². The molecule has 0 N–H and O–H groups in total. The number of nitro groups is 1. The van der Waals surface area contributed by atoms with E-state index in [9.17, 15) is 14.9 Å². The summed E-state index contributed by atoms with van der Waals surface area (Å²) in [6.07, 6.45) is 0. The molecule has 1 saturated heterocycles. The molecule has 7 nitrogen and oxygen atoms in total. The lowest BCUT2D eigenvalue weighted by Gasteiger charge is -2.34. The predicted octanol–water partition coefficient (Wildman–Crippen LogP) is 3.59. The maximum Gasteiger partial charge on any atom is 0.270 e. The molecular formula is C21H24ClN3O4. The third kappa shape index (κ3) is 5.46. The standard InChI is InChI=1S/C21H24ClN3O4/c1-15-11-19(25(27)28)12-16(2)21(15)29-14-20(26)24-9-7-23(8-10-24)13-17-3-5-18(22)6-4-17/h3-6,11-12H,7-10,13-14H2,1-2H3. The number of halogens is 1. The Labute approximate surface area is 175 Å². The lowest BCUT2D eigenvalue weighted by Crippen LogP contribution is -2.49. The Bertz CT molecular complexity index is 870. The van der Waals surface area contributed by atoms with E-state index in [-0.39, 0.29) is 18.2 Å². The summed E-state index contributed by atoms with van der Waals surface area (Å²) >= 11 is 5.92.